The summed E-state index contributed by atoms with van der Waals surface area (Å²) in [6, 6.07) is 7.32. The summed E-state index contributed by atoms with van der Waals surface area (Å²) in [6.07, 6.45) is 1.64. The van der Waals surface area contributed by atoms with Crippen LogP contribution in [0.15, 0.2) is 34.9 Å². The van der Waals surface area contributed by atoms with E-state index in [2.05, 4.69) is 0 Å². The SMILES string of the molecule is COc1ccc(C(N)c2ccoc2C)cc1OC. The van der Waals surface area contributed by atoms with Crippen LogP contribution in [0.25, 0.3) is 0 Å². The van der Waals surface area contributed by atoms with Crippen LogP contribution in [0, 0.1) is 6.92 Å². The molecule has 0 amide bonds. The monoisotopic (exact) mass is 247 g/mol. The van der Waals surface area contributed by atoms with Crippen molar-refractivity contribution in [1.82, 2.24) is 0 Å². The molecule has 4 nitrogen and oxygen atoms in total. The van der Waals surface area contributed by atoms with Crippen LogP contribution in [0.3, 0.4) is 0 Å². The van der Waals surface area contributed by atoms with Gasteiger partial charge in [-0.25, -0.2) is 0 Å². The van der Waals surface area contributed by atoms with E-state index >= 15 is 0 Å². The molecule has 1 atom stereocenters. The fraction of sp³-hybridized carbons (Fsp3) is 0.286. The second-order valence-corrected chi connectivity index (χ2v) is 4.02. The maximum atomic E-state index is 6.22. The van der Waals surface area contributed by atoms with Gasteiger partial charge >= 0.3 is 0 Å². The lowest BCUT2D eigenvalue weighted by Gasteiger charge is -2.14. The van der Waals surface area contributed by atoms with Gasteiger partial charge in [0.15, 0.2) is 11.5 Å². The normalized spacial score (nSPS) is 12.2. The standard InChI is InChI=1S/C14H17NO3/c1-9-11(6-7-18-9)14(15)10-4-5-12(16-2)13(8-10)17-3/h4-8,14H,15H2,1-3H3. The molecule has 0 saturated heterocycles. The van der Waals surface area contributed by atoms with Crippen LogP contribution in [0.4, 0.5) is 0 Å². The van der Waals surface area contributed by atoms with Gasteiger partial charge in [0.2, 0.25) is 0 Å². The summed E-state index contributed by atoms with van der Waals surface area (Å²) in [5.74, 6) is 2.20. The Balaban J connectivity index is 2.37. The topological polar surface area (TPSA) is 57.6 Å². The maximum Gasteiger partial charge on any atom is 0.161 e. The highest BCUT2D eigenvalue weighted by molar-refractivity contribution is 5.45. The van der Waals surface area contributed by atoms with Gasteiger partial charge in [-0.15, -0.1) is 0 Å². The molecule has 0 aliphatic rings. The number of hydrogen-bond acceptors (Lipinski definition) is 4. The number of methoxy groups -OCH3 is 2. The molecule has 4 heteroatoms. The molecule has 2 aromatic rings. The van der Waals surface area contributed by atoms with Crippen LogP contribution in [0.1, 0.15) is 22.9 Å². The van der Waals surface area contributed by atoms with Gasteiger partial charge in [-0.2, -0.15) is 0 Å². The zero-order chi connectivity index (χ0) is 13.1. The van der Waals surface area contributed by atoms with Gasteiger partial charge in [-0.1, -0.05) is 6.07 Å². The summed E-state index contributed by atoms with van der Waals surface area (Å²) in [5, 5.41) is 0. The predicted molar refractivity (Wildman–Crippen MR) is 69.0 cm³/mol. The van der Waals surface area contributed by atoms with Crippen molar-refractivity contribution in [2.75, 3.05) is 14.2 Å². The van der Waals surface area contributed by atoms with Gasteiger partial charge in [-0.3, -0.25) is 0 Å². The van der Waals surface area contributed by atoms with E-state index in [1.165, 1.54) is 0 Å². The minimum Gasteiger partial charge on any atom is -0.493 e. The Morgan fingerprint density at radius 2 is 1.83 bits per heavy atom. The average molecular weight is 247 g/mol. The Morgan fingerprint density at radius 1 is 1.11 bits per heavy atom. The van der Waals surface area contributed by atoms with Crippen molar-refractivity contribution < 1.29 is 13.9 Å². The van der Waals surface area contributed by atoms with Gasteiger partial charge in [0.25, 0.3) is 0 Å². The van der Waals surface area contributed by atoms with Crippen LogP contribution in [-0.2, 0) is 0 Å². The molecule has 0 aliphatic heterocycles. The summed E-state index contributed by atoms with van der Waals surface area (Å²) in [7, 11) is 3.22. The number of aryl methyl sites for hydroxylation is 1. The van der Waals surface area contributed by atoms with E-state index < -0.39 is 0 Å². The number of ether oxygens (including phenoxy) is 2. The van der Waals surface area contributed by atoms with E-state index in [1.807, 2.05) is 31.2 Å². The average Bonchev–Trinajstić information content (AvgIpc) is 2.83. The zero-order valence-corrected chi connectivity index (χ0v) is 10.8. The highest BCUT2D eigenvalue weighted by atomic mass is 16.5. The molecule has 0 saturated carbocycles. The van der Waals surface area contributed by atoms with Gasteiger partial charge in [0.05, 0.1) is 26.5 Å². The molecule has 1 aromatic carbocycles. The number of benzene rings is 1. The molecule has 18 heavy (non-hydrogen) atoms. The van der Waals surface area contributed by atoms with Gasteiger partial charge in [0.1, 0.15) is 5.76 Å². The minimum atomic E-state index is -0.233. The Labute approximate surface area is 106 Å². The van der Waals surface area contributed by atoms with E-state index in [1.54, 1.807) is 20.5 Å². The lowest BCUT2D eigenvalue weighted by molar-refractivity contribution is 0.354. The third kappa shape index (κ3) is 2.19. The van der Waals surface area contributed by atoms with Crippen LogP contribution < -0.4 is 15.2 Å². The molecule has 0 fully saturated rings. The van der Waals surface area contributed by atoms with Crippen molar-refractivity contribution in [3.05, 3.63) is 47.4 Å². The molecule has 1 heterocycles. The first-order chi connectivity index (χ1) is 8.67. The van der Waals surface area contributed by atoms with Gasteiger partial charge in [0, 0.05) is 5.56 Å². The van der Waals surface area contributed by atoms with Crippen molar-refractivity contribution in [1.29, 1.82) is 0 Å². The van der Waals surface area contributed by atoms with Crippen LogP contribution >= 0.6 is 0 Å². The molecule has 1 unspecified atom stereocenters. The Bertz CT molecular complexity index is 534. The quantitative estimate of drug-likeness (QED) is 0.902. The summed E-state index contributed by atoms with van der Waals surface area (Å²) < 4.78 is 15.7. The van der Waals surface area contributed by atoms with Crippen molar-refractivity contribution >= 4 is 0 Å². The summed E-state index contributed by atoms with van der Waals surface area (Å²) in [4.78, 5) is 0. The van der Waals surface area contributed by atoms with Gasteiger partial charge < -0.3 is 19.6 Å². The van der Waals surface area contributed by atoms with E-state index in [0.717, 1.165) is 16.9 Å². The zero-order valence-electron chi connectivity index (χ0n) is 10.8. The molecule has 0 spiro atoms. The number of rotatable bonds is 4. The number of furan rings is 1. The molecule has 0 bridgehead atoms. The number of hydrogen-bond donors (Lipinski definition) is 1. The highest BCUT2D eigenvalue weighted by Gasteiger charge is 2.15. The Morgan fingerprint density at radius 3 is 2.39 bits per heavy atom. The predicted octanol–water partition coefficient (Wildman–Crippen LogP) is 2.65. The fourth-order valence-corrected chi connectivity index (χ4v) is 1.94. The first-order valence-corrected chi connectivity index (χ1v) is 5.69. The first kappa shape index (κ1) is 12.5. The lowest BCUT2D eigenvalue weighted by atomic mass is 10.00. The summed E-state index contributed by atoms with van der Waals surface area (Å²) >= 11 is 0. The van der Waals surface area contributed by atoms with E-state index in [4.69, 9.17) is 19.6 Å². The van der Waals surface area contributed by atoms with Crippen LogP contribution in [-0.4, -0.2) is 14.2 Å². The Hall–Kier alpha value is -1.94. The van der Waals surface area contributed by atoms with Crippen LogP contribution in [0.5, 0.6) is 11.5 Å². The molecule has 1 aromatic heterocycles. The van der Waals surface area contributed by atoms with Gasteiger partial charge in [-0.05, 0) is 30.7 Å². The largest absolute Gasteiger partial charge is 0.493 e. The smallest absolute Gasteiger partial charge is 0.161 e. The molecular formula is C14H17NO3. The molecule has 0 aliphatic carbocycles. The van der Waals surface area contributed by atoms with Crippen molar-refractivity contribution in [3.8, 4) is 11.5 Å². The summed E-state index contributed by atoms with van der Waals surface area (Å²) in [5.41, 5.74) is 8.15. The Kier molecular flexibility index (Phi) is 3.58. The molecule has 2 rings (SSSR count). The molecule has 2 N–H and O–H groups in total. The highest BCUT2D eigenvalue weighted by Crippen LogP contribution is 2.32. The lowest BCUT2D eigenvalue weighted by Crippen LogP contribution is -2.12. The molecule has 0 radical (unpaired) electrons. The van der Waals surface area contributed by atoms with Crippen molar-refractivity contribution in [2.45, 2.75) is 13.0 Å². The van der Waals surface area contributed by atoms with Crippen molar-refractivity contribution in [3.63, 3.8) is 0 Å². The van der Waals surface area contributed by atoms with Crippen molar-refractivity contribution in [2.24, 2.45) is 5.73 Å². The second-order valence-electron chi connectivity index (χ2n) is 4.02. The van der Waals surface area contributed by atoms with E-state index in [0.29, 0.717) is 11.5 Å². The van der Waals surface area contributed by atoms with E-state index in [9.17, 15) is 0 Å². The van der Waals surface area contributed by atoms with E-state index in [-0.39, 0.29) is 6.04 Å². The molecular weight excluding hydrogens is 230 g/mol. The molecule has 96 valence electrons. The first-order valence-electron chi connectivity index (χ1n) is 5.69. The number of nitrogens with two attached hydrogens (primary N) is 1. The maximum absolute atomic E-state index is 6.22. The third-order valence-electron chi connectivity index (χ3n) is 3.00. The van der Waals surface area contributed by atoms with Crippen LogP contribution in [0.2, 0.25) is 0 Å². The minimum absolute atomic E-state index is 0.233. The second kappa shape index (κ2) is 5.14. The fourth-order valence-electron chi connectivity index (χ4n) is 1.94. The third-order valence-corrected chi connectivity index (χ3v) is 3.00. The summed E-state index contributed by atoms with van der Waals surface area (Å²) in [6.45, 7) is 1.90.